The van der Waals surface area contributed by atoms with E-state index in [1.54, 1.807) is 6.07 Å². The number of nitrogens with zero attached hydrogens (tertiary/aromatic N) is 1. The quantitative estimate of drug-likeness (QED) is 0.866. The first kappa shape index (κ1) is 12.6. The molecular formula is C15H18N2O. The van der Waals surface area contributed by atoms with Crippen LogP contribution in [0.5, 0.6) is 5.75 Å². The molecule has 0 aliphatic rings. The third-order valence-electron chi connectivity index (χ3n) is 2.94. The number of rotatable bonds is 4. The Morgan fingerprint density at radius 2 is 2.11 bits per heavy atom. The Balaban J connectivity index is 1.96. The lowest BCUT2D eigenvalue weighted by atomic mass is 10.1. The maximum absolute atomic E-state index is 9.16. The third kappa shape index (κ3) is 3.31. The summed E-state index contributed by atoms with van der Waals surface area (Å²) in [4.78, 5) is 4.15. The molecule has 2 rings (SSSR count). The molecule has 3 nitrogen and oxygen atoms in total. The highest BCUT2D eigenvalue weighted by Gasteiger charge is 2.05. The van der Waals surface area contributed by atoms with Gasteiger partial charge in [0.05, 0.1) is 11.9 Å². The van der Waals surface area contributed by atoms with E-state index in [9.17, 15) is 0 Å². The summed E-state index contributed by atoms with van der Waals surface area (Å²) in [7, 11) is 0. The Hall–Kier alpha value is -1.87. The van der Waals surface area contributed by atoms with Crippen LogP contribution in [0.1, 0.15) is 29.8 Å². The Labute approximate surface area is 108 Å². The van der Waals surface area contributed by atoms with Gasteiger partial charge in [-0.05, 0) is 31.5 Å². The van der Waals surface area contributed by atoms with Gasteiger partial charge in [0.25, 0.3) is 0 Å². The van der Waals surface area contributed by atoms with Crippen LogP contribution in [0.15, 0.2) is 42.6 Å². The van der Waals surface area contributed by atoms with Gasteiger partial charge in [-0.2, -0.15) is 0 Å². The molecule has 0 saturated carbocycles. The van der Waals surface area contributed by atoms with Crippen LogP contribution in [-0.2, 0) is 6.54 Å². The van der Waals surface area contributed by atoms with E-state index in [1.807, 2.05) is 6.07 Å². The van der Waals surface area contributed by atoms with E-state index in [0.29, 0.717) is 6.54 Å². The minimum Gasteiger partial charge on any atom is -0.506 e. The molecule has 2 N–H and O–H groups in total. The van der Waals surface area contributed by atoms with Gasteiger partial charge in [0.15, 0.2) is 0 Å². The van der Waals surface area contributed by atoms with Crippen LogP contribution in [0, 0.1) is 6.92 Å². The van der Waals surface area contributed by atoms with Crippen molar-refractivity contribution in [3.63, 3.8) is 0 Å². The van der Waals surface area contributed by atoms with E-state index in [1.165, 1.54) is 17.3 Å². The fourth-order valence-corrected chi connectivity index (χ4v) is 1.84. The van der Waals surface area contributed by atoms with Gasteiger partial charge >= 0.3 is 0 Å². The Kier molecular flexibility index (Phi) is 3.95. The minimum atomic E-state index is 0.200. The van der Waals surface area contributed by atoms with Gasteiger partial charge in [0.1, 0.15) is 5.75 Å². The van der Waals surface area contributed by atoms with Crippen LogP contribution in [0.25, 0.3) is 0 Å². The van der Waals surface area contributed by atoms with Crippen LogP contribution in [-0.4, -0.2) is 10.1 Å². The summed E-state index contributed by atoms with van der Waals surface area (Å²) in [6.45, 7) is 4.92. The number of aromatic hydroxyl groups is 1. The van der Waals surface area contributed by atoms with Gasteiger partial charge in [-0.1, -0.05) is 29.8 Å². The van der Waals surface area contributed by atoms with Crippen molar-refractivity contribution in [3.8, 4) is 5.75 Å². The van der Waals surface area contributed by atoms with Gasteiger partial charge in [-0.15, -0.1) is 0 Å². The summed E-state index contributed by atoms with van der Waals surface area (Å²) in [6.07, 6.45) is 1.47. The van der Waals surface area contributed by atoms with Gasteiger partial charge in [-0.25, -0.2) is 0 Å². The minimum absolute atomic E-state index is 0.200. The van der Waals surface area contributed by atoms with Gasteiger partial charge in [0.2, 0.25) is 0 Å². The molecule has 1 aromatic heterocycles. The van der Waals surface area contributed by atoms with Crippen LogP contribution < -0.4 is 5.32 Å². The smallest absolute Gasteiger partial charge is 0.133 e. The van der Waals surface area contributed by atoms with Crippen LogP contribution in [0.3, 0.4) is 0 Å². The number of aromatic nitrogens is 1. The highest BCUT2D eigenvalue weighted by Crippen LogP contribution is 2.14. The summed E-state index contributed by atoms with van der Waals surface area (Å²) in [5.74, 6) is 0.200. The Morgan fingerprint density at radius 3 is 2.78 bits per heavy atom. The lowest BCUT2D eigenvalue weighted by Crippen LogP contribution is -2.18. The topological polar surface area (TPSA) is 45.1 Å². The summed E-state index contributed by atoms with van der Waals surface area (Å²) in [6, 6.07) is 12.2. The molecule has 0 bridgehead atoms. The second-order valence-corrected chi connectivity index (χ2v) is 4.52. The van der Waals surface area contributed by atoms with Crippen molar-refractivity contribution in [2.45, 2.75) is 26.4 Å². The molecule has 2 aromatic rings. The van der Waals surface area contributed by atoms with E-state index < -0.39 is 0 Å². The molecule has 0 fully saturated rings. The van der Waals surface area contributed by atoms with Crippen molar-refractivity contribution in [2.24, 2.45) is 0 Å². The van der Waals surface area contributed by atoms with Gasteiger partial charge in [0, 0.05) is 12.6 Å². The molecule has 1 atom stereocenters. The molecule has 0 aliphatic heterocycles. The molecule has 0 aliphatic carbocycles. The normalized spacial score (nSPS) is 12.3. The van der Waals surface area contributed by atoms with E-state index in [2.05, 4.69) is 48.4 Å². The van der Waals surface area contributed by atoms with Crippen molar-refractivity contribution in [1.29, 1.82) is 0 Å². The Bertz CT molecular complexity index is 508. The largest absolute Gasteiger partial charge is 0.506 e. The number of pyridine rings is 1. The summed E-state index contributed by atoms with van der Waals surface area (Å²) in [5, 5.41) is 12.6. The van der Waals surface area contributed by atoms with E-state index in [-0.39, 0.29) is 11.8 Å². The molecule has 0 unspecified atom stereocenters. The van der Waals surface area contributed by atoms with Crippen molar-refractivity contribution < 1.29 is 5.11 Å². The second kappa shape index (κ2) is 5.65. The zero-order valence-corrected chi connectivity index (χ0v) is 10.7. The van der Waals surface area contributed by atoms with Crippen LogP contribution in [0.4, 0.5) is 0 Å². The van der Waals surface area contributed by atoms with Crippen molar-refractivity contribution in [3.05, 3.63) is 59.4 Å². The summed E-state index contributed by atoms with van der Waals surface area (Å²) in [5.41, 5.74) is 3.46. The van der Waals surface area contributed by atoms with Crippen LogP contribution >= 0.6 is 0 Å². The predicted molar refractivity (Wildman–Crippen MR) is 72.3 cm³/mol. The monoisotopic (exact) mass is 242 g/mol. The maximum atomic E-state index is 9.16. The van der Waals surface area contributed by atoms with E-state index in [4.69, 9.17) is 5.11 Å². The highest BCUT2D eigenvalue weighted by molar-refractivity contribution is 5.25. The van der Waals surface area contributed by atoms with Gasteiger partial charge in [-0.3, -0.25) is 4.98 Å². The second-order valence-electron chi connectivity index (χ2n) is 4.52. The van der Waals surface area contributed by atoms with Crippen molar-refractivity contribution in [2.75, 3.05) is 0 Å². The molecule has 0 spiro atoms. The number of hydrogen-bond acceptors (Lipinski definition) is 3. The first-order valence-corrected chi connectivity index (χ1v) is 6.09. The SMILES string of the molecule is Cc1cccc([C@@H](C)NCc2ccc(O)cn2)c1. The van der Waals surface area contributed by atoms with Crippen molar-refractivity contribution in [1.82, 2.24) is 10.3 Å². The zero-order chi connectivity index (χ0) is 13.0. The molecule has 1 heterocycles. The Morgan fingerprint density at radius 1 is 1.28 bits per heavy atom. The summed E-state index contributed by atoms with van der Waals surface area (Å²) >= 11 is 0. The lowest BCUT2D eigenvalue weighted by Gasteiger charge is -2.14. The van der Waals surface area contributed by atoms with Crippen LogP contribution in [0.2, 0.25) is 0 Å². The van der Waals surface area contributed by atoms with E-state index in [0.717, 1.165) is 5.69 Å². The predicted octanol–water partition coefficient (Wildman–Crippen LogP) is 2.95. The first-order valence-electron chi connectivity index (χ1n) is 6.09. The van der Waals surface area contributed by atoms with Gasteiger partial charge < -0.3 is 10.4 Å². The maximum Gasteiger partial charge on any atom is 0.133 e. The fraction of sp³-hybridized carbons (Fsp3) is 0.267. The molecule has 3 heteroatoms. The molecule has 0 saturated heterocycles. The summed E-state index contributed by atoms with van der Waals surface area (Å²) < 4.78 is 0. The zero-order valence-electron chi connectivity index (χ0n) is 10.7. The standard InChI is InChI=1S/C15H18N2O/c1-11-4-3-5-13(8-11)12(2)16-9-14-6-7-15(18)10-17-14/h3-8,10,12,16,18H,9H2,1-2H3/t12-/m1/s1. The molecular weight excluding hydrogens is 224 g/mol. The molecule has 0 amide bonds. The highest BCUT2D eigenvalue weighted by atomic mass is 16.3. The first-order chi connectivity index (χ1) is 8.65. The number of benzene rings is 1. The molecule has 94 valence electrons. The average Bonchev–Trinajstić information content (AvgIpc) is 2.38. The molecule has 1 aromatic carbocycles. The lowest BCUT2D eigenvalue weighted by molar-refractivity contribution is 0.471. The number of aryl methyl sites for hydroxylation is 1. The molecule has 18 heavy (non-hydrogen) atoms. The van der Waals surface area contributed by atoms with Crippen molar-refractivity contribution >= 4 is 0 Å². The fourth-order valence-electron chi connectivity index (χ4n) is 1.84. The van der Waals surface area contributed by atoms with E-state index >= 15 is 0 Å². The number of hydrogen-bond donors (Lipinski definition) is 2. The third-order valence-corrected chi connectivity index (χ3v) is 2.94. The average molecular weight is 242 g/mol. The molecule has 0 radical (unpaired) electrons. The number of nitrogens with one attached hydrogen (secondary N) is 1.